The zero-order valence-corrected chi connectivity index (χ0v) is 18.1. The molecule has 3 rings (SSSR count). The van der Waals surface area contributed by atoms with Crippen molar-refractivity contribution in [1.29, 1.82) is 0 Å². The summed E-state index contributed by atoms with van der Waals surface area (Å²) < 4.78 is 0. The van der Waals surface area contributed by atoms with Crippen LogP contribution >= 0.6 is 23.2 Å². The van der Waals surface area contributed by atoms with Crippen LogP contribution in [0.5, 0.6) is 0 Å². The van der Waals surface area contributed by atoms with E-state index in [2.05, 4.69) is 10.2 Å². The number of rotatable bonds is 5. The van der Waals surface area contributed by atoms with Crippen molar-refractivity contribution < 1.29 is 9.59 Å². The molecule has 0 aromatic heterocycles. The van der Waals surface area contributed by atoms with Gasteiger partial charge in [0.1, 0.15) is 6.04 Å². The Morgan fingerprint density at radius 1 is 0.931 bits per heavy atom. The highest BCUT2D eigenvalue weighted by Crippen LogP contribution is 2.26. The van der Waals surface area contributed by atoms with Crippen LogP contribution in [0.3, 0.4) is 0 Å². The Hall–Kier alpha value is -2.24. The van der Waals surface area contributed by atoms with E-state index in [1.165, 1.54) is 0 Å². The SMILES string of the molecule is CC(C)C(NC(=O)c1ccc(Cl)cc1)C(=O)N1CCN(c2ccccc2Cl)CC1. The number of halogens is 2. The third kappa shape index (κ3) is 5.22. The highest BCUT2D eigenvalue weighted by molar-refractivity contribution is 6.33. The number of benzene rings is 2. The summed E-state index contributed by atoms with van der Waals surface area (Å²) in [5.74, 6) is -0.357. The summed E-state index contributed by atoms with van der Waals surface area (Å²) in [5.41, 5.74) is 1.47. The van der Waals surface area contributed by atoms with E-state index in [9.17, 15) is 9.59 Å². The number of anilines is 1. The third-order valence-corrected chi connectivity index (χ3v) is 5.68. The number of carbonyl (C=O) groups is 2. The van der Waals surface area contributed by atoms with Crippen molar-refractivity contribution in [3.63, 3.8) is 0 Å². The Morgan fingerprint density at radius 2 is 1.55 bits per heavy atom. The number of amides is 2. The molecule has 1 unspecified atom stereocenters. The molecule has 154 valence electrons. The summed E-state index contributed by atoms with van der Waals surface area (Å²) in [6, 6.07) is 13.8. The molecule has 7 heteroatoms. The van der Waals surface area contributed by atoms with Crippen LogP contribution in [-0.2, 0) is 4.79 Å². The van der Waals surface area contributed by atoms with Crippen LogP contribution in [-0.4, -0.2) is 48.9 Å². The van der Waals surface area contributed by atoms with Crippen LogP contribution in [0.25, 0.3) is 0 Å². The molecule has 0 bridgehead atoms. The van der Waals surface area contributed by atoms with Gasteiger partial charge in [-0.3, -0.25) is 9.59 Å². The van der Waals surface area contributed by atoms with E-state index >= 15 is 0 Å². The molecule has 1 heterocycles. The van der Waals surface area contributed by atoms with E-state index in [4.69, 9.17) is 23.2 Å². The maximum atomic E-state index is 13.1. The smallest absolute Gasteiger partial charge is 0.251 e. The van der Waals surface area contributed by atoms with Crippen molar-refractivity contribution in [2.45, 2.75) is 19.9 Å². The first-order valence-electron chi connectivity index (χ1n) is 9.71. The molecular weight excluding hydrogens is 409 g/mol. The fourth-order valence-electron chi connectivity index (χ4n) is 3.41. The molecule has 1 saturated heterocycles. The van der Waals surface area contributed by atoms with Gasteiger partial charge < -0.3 is 15.1 Å². The Labute approximate surface area is 181 Å². The van der Waals surface area contributed by atoms with Gasteiger partial charge in [0.25, 0.3) is 5.91 Å². The van der Waals surface area contributed by atoms with E-state index in [1.807, 2.05) is 43.0 Å². The van der Waals surface area contributed by atoms with Crippen molar-refractivity contribution in [1.82, 2.24) is 10.2 Å². The lowest BCUT2D eigenvalue weighted by molar-refractivity contribution is -0.134. The largest absolute Gasteiger partial charge is 0.367 e. The minimum absolute atomic E-state index is 0.0275. The fraction of sp³-hybridized carbons (Fsp3) is 0.364. The number of nitrogens with zero attached hydrogens (tertiary/aromatic N) is 2. The van der Waals surface area contributed by atoms with Gasteiger partial charge in [-0.1, -0.05) is 49.2 Å². The molecule has 1 atom stereocenters. The Morgan fingerprint density at radius 3 is 2.14 bits per heavy atom. The quantitative estimate of drug-likeness (QED) is 0.771. The van der Waals surface area contributed by atoms with Gasteiger partial charge in [0, 0.05) is 36.8 Å². The topological polar surface area (TPSA) is 52.7 Å². The van der Waals surface area contributed by atoms with Gasteiger partial charge in [-0.05, 0) is 42.3 Å². The van der Waals surface area contributed by atoms with Crippen LogP contribution in [0.1, 0.15) is 24.2 Å². The second kappa shape index (κ2) is 9.51. The first kappa shape index (κ1) is 21.5. The normalized spacial score (nSPS) is 15.3. The average Bonchev–Trinajstić information content (AvgIpc) is 2.72. The van der Waals surface area contributed by atoms with Crippen molar-refractivity contribution in [3.05, 3.63) is 64.1 Å². The van der Waals surface area contributed by atoms with Gasteiger partial charge in [-0.2, -0.15) is 0 Å². The zero-order valence-electron chi connectivity index (χ0n) is 16.6. The maximum Gasteiger partial charge on any atom is 0.251 e. The Balaban J connectivity index is 1.63. The predicted molar refractivity (Wildman–Crippen MR) is 118 cm³/mol. The van der Waals surface area contributed by atoms with E-state index in [1.54, 1.807) is 24.3 Å². The van der Waals surface area contributed by atoms with Crippen molar-refractivity contribution >= 4 is 40.7 Å². The van der Waals surface area contributed by atoms with Crippen LogP contribution < -0.4 is 10.2 Å². The van der Waals surface area contributed by atoms with Gasteiger partial charge in [0.05, 0.1) is 10.7 Å². The average molecular weight is 434 g/mol. The third-order valence-electron chi connectivity index (χ3n) is 5.11. The number of para-hydroxylation sites is 1. The molecule has 5 nitrogen and oxygen atoms in total. The highest BCUT2D eigenvalue weighted by Gasteiger charge is 2.31. The van der Waals surface area contributed by atoms with Gasteiger partial charge in [-0.15, -0.1) is 0 Å². The number of piperazine rings is 1. The van der Waals surface area contributed by atoms with Crippen LogP contribution in [0.4, 0.5) is 5.69 Å². The van der Waals surface area contributed by atoms with Crippen LogP contribution in [0.2, 0.25) is 10.0 Å². The Bertz CT molecular complexity index is 863. The molecule has 0 radical (unpaired) electrons. The second-order valence-corrected chi connectivity index (χ2v) is 8.31. The molecule has 1 aliphatic heterocycles. The summed E-state index contributed by atoms with van der Waals surface area (Å²) >= 11 is 12.2. The molecular formula is C22H25Cl2N3O2. The summed E-state index contributed by atoms with van der Waals surface area (Å²) in [4.78, 5) is 29.7. The predicted octanol–water partition coefficient (Wildman–Crippen LogP) is 4.10. The molecule has 29 heavy (non-hydrogen) atoms. The standard InChI is InChI=1S/C22H25Cl2N3O2/c1-15(2)20(25-21(28)16-7-9-17(23)10-8-16)22(29)27-13-11-26(12-14-27)19-6-4-3-5-18(19)24/h3-10,15,20H,11-14H2,1-2H3,(H,25,28). The molecule has 0 saturated carbocycles. The first-order chi connectivity index (χ1) is 13.9. The minimum Gasteiger partial charge on any atom is -0.367 e. The maximum absolute atomic E-state index is 13.1. The Kier molecular flexibility index (Phi) is 7.04. The zero-order chi connectivity index (χ0) is 21.0. The monoisotopic (exact) mass is 433 g/mol. The summed E-state index contributed by atoms with van der Waals surface area (Å²) in [6.07, 6.45) is 0. The van der Waals surface area contributed by atoms with E-state index in [0.29, 0.717) is 41.8 Å². The second-order valence-electron chi connectivity index (χ2n) is 7.47. The lowest BCUT2D eigenvalue weighted by Crippen LogP contribution is -2.56. The molecule has 0 spiro atoms. The summed E-state index contributed by atoms with van der Waals surface area (Å²) in [5, 5.41) is 4.17. The first-order valence-corrected chi connectivity index (χ1v) is 10.5. The fourth-order valence-corrected chi connectivity index (χ4v) is 3.79. The number of hydrogen-bond donors (Lipinski definition) is 1. The molecule has 2 amide bonds. The molecule has 1 N–H and O–H groups in total. The van der Waals surface area contributed by atoms with E-state index < -0.39 is 6.04 Å². The molecule has 0 aliphatic carbocycles. The minimum atomic E-state index is -0.579. The van der Waals surface area contributed by atoms with Crippen LogP contribution in [0.15, 0.2) is 48.5 Å². The summed E-state index contributed by atoms with van der Waals surface area (Å²) in [6.45, 7) is 6.44. The highest BCUT2D eigenvalue weighted by atomic mass is 35.5. The van der Waals surface area contributed by atoms with Gasteiger partial charge in [-0.25, -0.2) is 0 Å². The summed E-state index contributed by atoms with van der Waals surface area (Å²) in [7, 11) is 0. The number of carbonyl (C=O) groups excluding carboxylic acids is 2. The van der Waals surface area contributed by atoms with Gasteiger partial charge in [0.15, 0.2) is 0 Å². The van der Waals surface area contributed by atoms with Crippen molar-refractivity contribution in [2.75, 3.05) is 31.1 Å². The van der Waals surface area contributed by atoms with Crippen molar-refractivity contribution in [2.24, 2.45) is 5.92 Å². The number of hydrogen-bond acceptors (Lipinski definition) is 3. The lowest BCUT2D eigenvalue weighted by Gasteiger charge is -2.38. The van der Waals surface area contributed by atoms with E-state index in [0.717, 1.165) is 5.69 Å². The molecule has 1 aliphatic rings. The lowest BCUT2D eigenvalue weighted by atomic mass is 10.0. The molecule has 1 fully saturated rings. The molecule has 2 aromatic rings. The van der Waals surface area contributed by atoms with E-state index in [-0.39, 0.29) is 17.7 Å². The molecule has 2 aromatic carbocycles. The van der Waals surface area contributed by atoms with Gasteiger partial charge in [0.2, 0.25) is 5.91 Å². The van der Waals surface area contributed by atoms with Gasteiger partial charge >= 0.3 is 0 Å². The number of nitrogens with one attached hydrogen (secondary N) is 1. The van der Waals surface area contributed by atoms with Crippen LogP contribution in [0, 0.1) is 5.92 Å². The van der Waals surface area contributed by atoms with Crippen molar-refractivity contribution in [3.8, 4) is 0 Å².